The molecule has 5 heteroatoms. The van der Waals surface area contributed by atoms with E-state index in [-0.39, 0.29) is 5.91 Å². The molecule has 1 aromatic rings. The molecular weight excluding hydrogens is 256 g/mol. The topological polar surface area (TPSA) is 50.8 Å². The molecule has 0 saturated carbocycles. The number of unbranched alkanes of at least 4 members (excludes halogenated alkanes) is 1. The van der Waals surface area contributed by atoms with Crippen molar-refractivity contribution in [1.29, 1.82) is 0 Å². The zero-order valence-electron chi connectivity index (χ0n) is 12.1. The molecule has 1 fully saturated rings. The van der Waals surface area contributed by atoms with Crippen molar-refractivity contribution in [2.75, 3.05) is 26.9 Å². The van der Waals surface area contributed by atoms with Crippen molar-refractivity contribution in [2.24, 2.45) is 0 Å². The van der Waals surface area contributed by atoms with E-state index >= 15 is 0 Å². The van der Waals surface area contributed by atoms with Crippen LogP contribution in [0.25, 0.3) is 0 Å². The van der Waals surface area contributed by atoms with Gasteiger partial charge in [-0.25, -0.2) is 0 Å². The molecule has 0 atom stereocenters. The van der Waals surface area contributed by atoms with Crippen LogP contribution in [-0.4, -0.2) is 37.7 Å². The number of amides is 1. The zero-order chi connectivity index (χ0) is 14.4. The smallest absolute Gasteiger partial charge is 0.235 e. The maximum absolute atomic E-state index is 11.2. The molecule has 1 N–H and O–H groups in total. The molecule has 20 heavy (non-hydrogen) atoms. The Morgan fingerprint density at radius 1 is 1.35 bits per heavy atom. The van der Waals surface area contributed by atoms with E-state index in [1.54, 1.807) is 7.11 Å². The molecule has 0 spiro atoms. The lowest BCUT2D eigenvalue weighted by atomic mass is 10.2. The summed E-state index contributed by atoms with van der Waals surface area (Å²) in [5.74, 6) is 1.61. The minimum atomic E-state index is 0.0814. The molecule has 1 aliphatic rings. The number of nitrogens with zero attached hydrogens (tertiary/aromatic N) is 1. The van der Waals surface area contributed by atoms with Crippen molar-refractivity contribution in [3.63, 3.8) is 0 Å². The molecule has 0 unspecified atom stereocenters. The molecule has 110 valence electrons. The highest BCUT2D eigenvalue weighted by molar-refractivity contribution is 5.79. The quantitative estimate of drug-likeness (QED) is 0.772. The van der Waals surface area contributed by atoms with Gasteiger partial charge >= 0.3 is 0 Å². The van der Waals surface area contributed by atoms with Crippen molar-refractivity contribution < 1.29 is 14.3 Å². The predicted octanol–water partition coefficient (Wildman–Crippen LogP) is 1.76. The summed E-state index contributed by atoms with van der Waals surface area (Å²) in [7, 11) is 1.64. The lowest BCUT2D eigenvalue weighted by Gasteiger charge is -2.15. The second-order valence-corrected chi connectivity index (χ2v) is 4.93. The van der Waals surface area contributed by atoms with Gasteiger partial charge in [-0.15, -0.1) is 0 Å². The van der Waals surface area contributed by atoms with Gasteiger partial charge in [-0.05, 0) is 24.1 Å². The molecule has 0 bridgehead atoms. The van der Waals surface area contributed by atoms with Crippen molar-refractivity contribution in [2.45, 2.75) is 26.3 Å². The van der Waals surface area contributed by atoms with Crippen LogP contribution in [0.5, 0.6) is 11.5 Å². The van der Waals surface area contributed by atoms with Crippen molar-refractivity contribution in [3.05, 3.63) is 23.8 Å². The molecule has 1 amide bonds. The molecular formula is C15H22N2O3. The summed E-state index contributed by atoms with van der Waals surface area (Å²) in [4.78, 5) is 13.2. The molecule has 0 radical (unpaired) electrons. The number of rotatable bonds is 7. The first-order valence-corrected chi connectivity index (χ1v) is 7.01. The molecule has 0 aromatic heterocycles. The minimum absolute atomic E-state index is 0.0814. The molecule has 1 aromatic carbocycles. The molecule has 2 rings (SSSR count). The monoisotopic (exact) mass is 278 g/mol. The normalized spacial score (nSPS) is 15.2. The highest BCUT2D eigenvalue weighted by Crippen LogP contribution is 2.28. The van der Waals surface area contributed by atoms with E-state index in [9.17, 15) is 4.79 Å². The van der Waals surface area contributed by atoms with Crippen molar-refractivity contribution in [1.82, 2.24) is 10.2 Å². The van der Waals surface area contributed by atoms with E-state index in [1.807, 2.05) is 18.2 Å². The summed E-state index contributed by atoms with van der Waals surface area (Å²) >= 11 is 0. The number of carbonyl (C=O) groups is 1. The van der Waals surface area contributed by atoms with Crippen LogP contribution in [-0.2, 0) is 11.3 Å². The van der Waals surface area contributed by atoms with E-state index in [0.717, 1.165) is 36.4 Å². The fraction of sp³-hybridized carbons (Fsp3) is 0.533. The maximum atomic E-state index is 11.2. The second-order valence-electron chi connectivity index (χ2n) is 4.93. The Kier molecular flexibility index (Phi) is 5.24. The summed E-state index contributed by atoms with van der Waals surface area (Å²) in [6.45, 7) is 4.62. The molecule has 1 heterocycles. The van der Waals surface area contributed by atoms with Crippen LogP contribution in [0.3, 0.4) is 0 Å². The van der Waals surface area contributed by atoms with E-state index in [4.69, 9.17) is 9.47 Å². The predicted molar refractivity (Wildman–Crippen MR) is 76.8 cm³/mol. The molecule has 1 saturated heterocycles. The van der Waals surface area contributed by atoms with Crippen molar-refractivity contribution in [3.8, 4) is 11.5 Å². The van der Waals surface area contributed by atoms with Gasteiger partial charge in [-0.2, -0.15) is 0 Å². The highest BCUT2D eigenvalue weighted by atomic mass is 16.5. The minimum Gasteiger partial charge on any atom is -0.493 e. The molecule has 1 aliphatic heterocycles. The number of hydrogen-bond acceptors (Lipinski definition) is 4. The number of carbonyl (C=O) groups excluding carboxylic acids is 1. The lowest BCUT2D eigenvalue weighted by Crippen LogP contribution is -2.21. The van der Waals surface area contributed by atoms with E-state index in [0.29, 0.717) is 19.8 Å². The number of benzene rings is 1. The lowest BCUT2D eigenvalue weighted by molar-refractivity contribution is -0.118. The number of hydrogen-bond donors (Lipinski definition) is 1. The zero-order valence-corrected chi connectivity index (χ0v) is 12.1. The van der Waals surface area contributed by atoms with Gasteiger partial charge < -0.3 is 14.8 Å². The first kappa shape index (κ1) is 14.7. The molecule has 0 aliphatic carbocycles. The van der Waals surface area contributed by atoms with Crippen LogP contribution >= 0.6 is 0 Å². The largest absolute Gasteiger partial charge is 0.493 e. The average Bonchev–Trinajstić information content (AvgIpc) is 2.85. The Morgan fingerprint density at radius 2 is 2.20 bits per heavy atom. The Bertz CT molecular complexity index is 462. The standard InChI is InChI=1S/C15H22N2O3/c1-3-4-7-20-14-8-12(5-6-13(14)19-2)9-17-10-15(18)16-11-17/h5-6,8H,3-4,7,9-11H2,1-2H3,(H,16,18). The SMILES string of the molecule is CCCCOc1cc(CN2CNC(=O)C2)ccc1OC. The Labute approximate surface area is 119 Å². The second kappa shape index (κ2) is 7.14. The number of nitrogens with one attached hydrogen (secondary N) is 1. The summed E-state index contributed by atoms with van der Waals surface area (Å²) in [5, 5.41) is 2.80. The fourth-order valence-corrected chi connectivity index (χ4v) is 2.14. The van der Waals surface area contributed by atoms with Gasteiger partial charge in [0.25, 0.3) is 0 Å². The number of ether oxygens (including phenoxy) is 2. The van der Waals surface area contributed by atoms with Crippen LogP contribution in [0.4, 0.5) is 0 Å². The highest BCUT2D eigenvalue weighted by Gasteiger charge is 2.18. The van der Waals surface area contributed by atoms with Gasteiger partial charge in [-0.3, -0.25) is 9.69 Å². The van der Waals surface area contributed by atoms with Gasteiger partial charge in [0.15, 0.2) is 11.5 Å². The maximum Gasteiger partial charge on any atom is 0.235 e. The summed E-state index contributed by atoms with van der Waals surface area (Å²) < 4.78 is 11.1. The first-order valence-electron chi connectivity index (χ1n) is 7.01. The van der Waals surface area contributed by atoms with Gasteiger partial charge in [0.1, 0.15) is 0 Å². The summed E-state index contributed by atoms with van der Waals surface area (Å²) in [6, 6.07) is 5.92. The Hall–Kier alpha value is -1.75. The Balaban J connectivity index is 2.02. The van der Waals surface area contributed by atoms with Gasteiger partial charge in [0.05, 0.1) is 26.9 Å². The van der Waals surface area contributed by atoms with Crippen LogP contribution in [0.15, 0.2) is 18.2 Å². The van der Waals surface area contributed by atoms with Gasteiger partial charge in [0.2, 0.25) is 5.91 Å². The summed E-state index contributed by atoms with van der Waals surface area (Å²) in [5.41, 5.74) is 1.12. The fourth-order valence-electron chi connectivity index (χ4n) is 2.14. The van der Waals surface area contributed by atoms with E-state index in [2.05, 4.69) is 17.1 Å². The van der Waals surface area contributed by atoms with Crippen LogP contribution in [0.1, 0.15) is 25.3 Å². The van der Waals surface area contributed by atoms with E-state index < -0.39 is 0 Å². The third-order valence-corrected chi connectivity index (χ3v) is 3.26. The third-order valence-electron chi connectivity index (χ3n) is 3.26. The number of methoxy groups -OCH3 is 1. The average molecular weight is 278 g/mol. The van der Waals surface area contributed by atoms with Gasteiger partial charge in [0, 0.05) is 6.54 Å². The van der Waals surface area contributed by atoms with E-state index in [1.165, 1.54) is 0 Å². The molecule has 5 nitrogen and oxygen atoms in total. The van der Waals surface area contributed by atoms with Crippen LogP contribution in [0, 0.1) is 0 Å². The van der Waals surface area contributed by atoms with Crippen LogP contribution in [0.2, 0.25) is 0 Å². The van der Waals surface area contributed by atoms with Crippen LogP contribution < -0.4 is 14.8 Å². The van der Waals surface area contributed by atoms with Crippen molar-refractivity contribution >= 4 is 5.91 Å². The first-order chi connectivity index (χ1) is 9.72. The Morgan fingerprint density at radius 3 is 2.85 bits per heavy atom. The van der Waals surface area contributed by atoms with Gasteiger partial charge in [-0.1, -0.05) is 19.4 Å². The summed E-state index contributed by atoms with van der Waals surface area (Å²) in [6.07, 6.45) is 2.13. The third kappa shape index (κ3) is 3.87.